The first-order valence-electron chi connectivity index (χ1n) is 4.51. The van der Waals surface area contributed by atoms with E-state index in [4.69, 9.17) is 4.74 Å². The van der Waals surface area contributed by atoms with Crippen LogP contribution in [-0.4, -0.2) is 18.6 Å². The van der Waals surface area contributed by atoms with Crippen molar-refractivity contribution >= 4 is 11.8 Å². The predicted molar refractivity (Wildman–Crippen MR) is 59.7 cm³/mol. The summed E-state index contributed by atoms with van der Waals surface area (Å²) in [5, 5.41) is 0. The van der Waals surface area contributed by atoms with Gasteiger partial charge in [-0.3, -0.25) is 0 Å². The Morgan fingerprint density at radius 2 is 1.92 bits per heavy atom. The first kappa shape index (κ1) is 10.5. The summed E-state index contributed by atoms with van der Waals surface area (Å²) in [4.78, 5) is 0. The molecule has 0 aliphatic carbocycles. The van der Waals surface area contributed by atoms with E-state index in [0.717, 1.165) is 18.8 Å². The van der Waals surface area contributed by atoms with Gasteiger partial charge in [0.1, 0.15) is 5.75 Å². The zero-order valence-corrected chi connectivity index (χ0v) is 9.06. The van der Waals surface area contributed by atoms with Crippen molar-refractivity contribution in [2.24, 2.45) is 0 Å². The summed E-state index contributed by atoms with van der Waals surface area (Å²) in [6, 6.07) is 8.19. The molecule has 0 amide bonds. The Bertz CT molecular complexity index is 230. The molecule has 0 spiro atoms. The third-order valence-electron chi connectivity index (χ3n) is 1.78. The van der Waals surface area contributed by atoms with Crippen molar-refractivity contribution in [2.75, 3.05) is 18.6 Å². The van der Waals surface area contributed by atoms with Crippen molar-refractivity contribution in [3.05, 3.63) is 29.8 Å². The maximum atomic E-state index is 5.55. The smallest absolute Gasteiger partial charge is 0.119 e. The number of hydrogen-bond donors (Lipinski definition) is 0. The second kappa shape index (κ2) is 5.92. The van der Waals surface area contributed by atoms with Gasteiger partial charge in [-0.1, -0.05) is 17.7 Å². The summed E-state index contributed by atoms with van der Waals surface area (Å²) in [7, 11) is 0. The van der Waals surface area contributed by atoms with Crippen LogP contribution in [-0.2, 0) is 0 Å². The van der Waals surface area contributed by atoms with Gasteiger partial charge in [0.15, 0.2) is 0 Å². The van der Waals surface area contributed by atoms with E-state index in [2.05, 4.69) is 25.3 Å². The highest BCUT2D eigenvalue weighted by Crippen LogP contribution is 2.11. The molecule has 13 heavy (non-hydrogen) atoms. The van der Waals surface area contributed by atoms with E-state index in [0.29, 0.717) is 0 Å². The van der Waals surface area contributed by atoms with E-state index >= 15 is 0 Å². The standard InChI is InChI=1S/C11H16OS/c1-10-4-6-11(7-5-10)12-8-3-9-13-2/h4-7H,3,8-9H2,1-2H3. The highest BCUT2D eigenvalue weighted by Gasteiger charge is 1.92. The van der Waals surface area contributed by atoms with Crippen molar-refractivity contribution in [1.29, 1.82) is 0 Å². The molecule has 72 valence electrons. The lowest BCUT2D eigenvalue weighted by Gasteiger charge is -2.05. The van der Waals surface area contributed by atoms with Crippen LogP contribution in [0.5, 0.6) is 5.75 Å². The number of benzene rings is 1. The van der Waals surface area contributed by atoms with Gasteiger partial charge >= 0.3 is 0 Å². The topological polar surface area (TPSA) is 9.23 Å². The van der Waals surface area contributed by atoms with Gasteiger partial charge in [0.25, 0.3) is 0 Å². The molecule has 1 aromatic carbocycles. The molecule has 0 fully saturated rings. The van der Waals surface area contributed by atoms with Gasteiger partial charge in [0.2, 0.25) is 0 Å². The van der Waals surface area contributed by atoms with Gasteiger partial charge in [-0.05, 0) is 37.5 Å². The molecule has 0 heterocycles. The SMILES string of the molecule is CSCCCOc1ccc(C)cc1. The summed E-state index contributed by atoms with van der Waals surface area (Å²) in [6.07, 6.45) is 3.24. The lowest BCUT2D eigenvalue weighted by atomic mass is 10.2. The third-order valence-corrected chi connectivity index (χ3v) is 2.48. The Hall–Kier alpha value is -0.630. The molecule has 1 nitrogen and oxygen atoms in total. The van der Waals surface area contributed by atoms with E-state index in [-0.39, 0.29) is 0 Å². The van der Waals surface area contributed by atoms with E-state index in [1.54, 1.807) is 0 Å². The minimum absolute atomic E-state index is 0.823. The predicted octanol–water partition coefficient (Wildman–Crippen LogP) is 3.13. The largest absolute Gasteiger partial charge is 0.494 e. The van der Waals surface area contributed by atoms with E-state index < -0.39 is 0 Å². The fourth-order valence-electron chi connectivity index (χ4n) is 1.03. The zero-order chi connectivity index (χ0) is 9.52. The highest BCUT2D eigenvalue weighted by molar-refractivity contribution is 7.98. The number of ether oxygens (including phenoxy) is 1. The van der Waals surface area contributed by atoms with E-state index in [9.17, 15) is 0 Å². The fraction of sp³-hybridized carbons (Fsp3) is 0.455. The van der Waals surface area contributed by atoms with Crippen LogP contribution in [0.4, 0.5) is 0 Å². The number of aryl methyl sites for hydroxylation is 1. The Morgan fingerprint density at radius 1 is 1.23 bits per heavy atom. The third kappa shape index (κ3) is 4.23. The number of thioether (sulfide) groups is 1. The second-order valence-corrected chi connectivity index (χ2v) is 3.99. The van der Waals surface area contributed by atoms with E-state index in [1.807, 2.05) is 23.9 Å². The molecule has 0 aromatic heterocycles. The summed E-state index contributed by atoms with van der Waals surface area (Å²) in [5.41, 5.74) is 1.27. The zero-order valence-electron chi connectivity index (χ0n) is 8.25. The molecular weight excluding hydrogens is 180 g/mol. The molecule has 0 bridgehead atoms. The van der Waals surface area contributed by atoms with Crippen LogP contribution >= 0.6 is 11.8 Å². The van der Waals surface area contributed by atoms with Crippen molar-refractivity contribution in [3.63, 3.8) is 0 Å². The molecule has 0 N–H and O–H groups in total. The summed E-state index contributed by atoms with van der Waals surface area (Å²) < 4.78 is 5.55. The van der Waals surface area contributed by atoms with Crippen LogP contribution in [0.1, 0.15) is 12.0 Å². The van der Waals surface area contributed by atoms with Crippen LogP contribution in [0.3, 0.4) is 0 Å². The van der Waals surface area contributed by atoms with Crippen molar-refractivity contribution in [1.82, 2.24) is 0 Å². The maximum Gasteiger partial charge on any atom is 0.119 e. The summed E-state index contributed by atoms with van der Waals surface area (Å²) in [6.45, 7) is 2.90. The molecule has 2 heteroatoms. The molecular formula is C11H16OS. The minimum Gasteiger partial charge on any atom is -0.494 e. The molecule has 0 saturated heterocycles. The Morgan fingerprint density at radius 3 is 2.54 bits per heavy atom. The average Bonchev–Trinajstić information content (AvgIpc) is 2.15. The van der Waals surface area contributed by atoms with Crippen molar-refractivity contribution in [2.45, 2.75) is 13.3 Å². The first-order chi connectivity index (χ1) is 6.33. The van der Waals surface area contributed by atoms with Gasteiger partial charge in [0, 0.05) is 0 Å². The fourth-order valence-corrected chi connectivity index (χ4v) is 1.43. The van der Waals surface area contributed by atoms with Gasteiger partial charge in [0.05, 0.1) is 6.61 Å². The van der Waals surface area contributed by atoms with Crippen LogP contribution in [0, 0.1) is 6.92 Å². The van der Waals surface area contributed by atoms with Crippen LogP contribution in [0.2, 0.25) is 0 Å². The number of rotatable bonds is 5. The van der Waals surface area contributed by atoms with Gasteiger partial charge < -0.3 is 4.74 Å². The lowest BCUT2D eigenvalue weighted by molar-refractivity contribution is 0.318. The van der Waals surface area contributed by atoms with Gasteiger partial charge in [-0.25, -0.2) is 0 Å². The van der Waals surface area contributed by atoms with E-state index in [1.165, 1.54) is 11.3 Å². The Balaban J connectivity index is 2.25. The van der Waals surface area contributed by atoms with Crippen molar-refractivity contribution < 1.29 is 4.74 Å². The Labute approximate surface area is 84.5 Å². The second-order valence-electron chi connectivity index (χ2n) is 3.01. The maximum absolute atomic E-state index is 5.55. The molecule has 1 aromatic rings. The average molecular weight is 196 g/mol. The van der Waals surface area contributed by atoms with Crippen LogP contribution < -0.4 is 4.74 Å². The first-order valence-corrected chi connectivity index (χ1v) is 5.90. The Kier molecular flexibility index (Phi) is 4.76. The monoisotopic (exact) mass is 196 g/mol. The van der Waals surface area contributed by atoms with Gasteiger partial charge in [-0.15, -0.1) is 0 Å². The molecule has 0 unspecified atom stereocenters. The minimum atomic E-state index is 0.823. The molecule has 0 radical (unpaired) electrons. The van der Waals surface area contributed by atoms with Crippen LogP contribution in [0.15, 0.2) is 24.3 Å². The van der Waals surface area contributed by atoms with Gasteiger partial charge in [-0.2, -0.15) is 11.8 Å². The van der Waals surface area contributed by atoms with Crippen molar-refractivity contribution in [3.8, 4) is 5.75 Å². The summed E-state index contributed by atoms with van der Waals surface area (Å²) >= 11 is 1.86. The molecule has 0 saturated carbocycles. The number of hydrogen-bond acceptors (Lipinski definition) is 2. The normalized spacial score (nSPS) is 10.0. The molecule has 1 rings (SSSR count). The van der Waals surface area contributed by atoms with Crippen LogP contribution in [0.25, 0.3) is 0 Å². The molecule has 0 aliphatic heterocycles. The molecule has 0 aliphatic rings. The molecule has 0 atom stereocenters. The lowest BCUT2D eigenvalue weighted by Crippen LogP contribution is -1.98. The summed E-state index contributed by atoms with van der Waals surface area (Å²) in [5.74, 6) is 2.15. The quantitative estimate of drug-likeness (QED) is 0.669. The highest BCUT2D eigenvalue weighted by atomic mass is 32.2.